The first-order chi connectivity index (χ1) is 12.6. The monoisotopic (exact) mass is 363 g/mol. The van der Waals surface area contributed by atoms with Gasteiger partial charge in [-0.15, -0.1) is 0 Å². The second kappa shape index (κ2) is 6.53. The summed E-state index contributed by atoms with van der Waals surface area (Å²) < 4.78 is 2.19. The van der Waals surface area contributed by atoms with Gasteiger partial charge in [-0.2, -0.15) is 0 Å². The van der Waals surface area contributed by atoms with Crippen molar-refractivity contribution < 1.29 is 0 Å². The number of aromatic nitrogens is 3. The molecule has 0 saturated carbocycles. The number of hydrogen-bond donors (Lipinski definition) is 1. The van der Waals surface area contributed by atoms with Gasteiger partial charge in [-0.3, -0.25) is 4.98 Å². The van der Waals surface area contributed by atoms with E-state index in [4.69, 9.17) is 12.2 Å². The smallest absolute Gasteiger partial charge is 0.169 e. The molecule has 4 rings (SSSR count). The highest BCUT2D eigenvalue weighted by molar-refractivity contribution is 7.80. The standard InChI is InChI=1S/C20H21N5S/c1-13-12-15(14(2)25(13)17-9-5-7-11-22-17)19-18(23-20(26)24(19)3)16-8-4-6-10-21-16/h4-12,18-19H,1-3H3,(H,23,26)/t18-,19-/m1/s1. The Balaban J connectivity index is 1.82. The van der Waals surface area contributed by atoms with Crippen LogP contribution in [0, 0.1) is 13.8 Å². The summed E-state index contributed by atoms with van der Waals surface area (Å²) in [6, 6.07) is 14.3. The molecule has 3 aromatic heterocycles. The molecule has 1 aliphatic heterocycles. The normalized spacial score (nSPS) is 19.7. The van der Waals surface area contributed by atoms with Gasteiger partial charge in [-0.1, -0.05) is 12.1 Å². The Labute approximate surface area is 158 Å². The molecule has 132 valence electrons. The molecule has 1 N–H and O–H groups in total. The van der Waals surface area contributed by atoms with Crippen LogP contribution in [0.3, 0.4) is 0 Å². The minimum absolute atomic E-state index is 0.0198. The van der Waals surface area contributed by atoms with E-state index in [0.717, 1.165) is 22.3 Å². The molecule has 1 aliphatic rings. The number of nitrogens with zero attached hydrogens (tertiary/aromatic N) is 4. The lowest BCUT2D eigenvalue weighted by molar-refractivity contribution is 0.367. The van der Waals surface area contributed by atoms with Crippen molar-refractivity contribution in [3.8, 4) is 5.82 Å². The third kappa shape index (κ3) is 2.66. The fraction of sp³-hybridized carbons (Fsp3) is 0.250. The molecule has 0 amide bonds. The van der Waals surface area contributed by atoms with Crippen molar-refractivity contribution in [2.24, 2.45) is 0 Å². The van der Waals surface area contributed by atoms with Crippen molar-refractivity contribution >= 4 is 17.3 Å². The second-order valence-electron chi connectivity index (χ2n) is 6.59. The van der Waals surface area contributed by atoms with Gasteiger partial charge in [0.05, 0.1) is 17.8 Å². The summed E-state index contributed by atoms with van der Waals surface area (Å²) in [6.45, 7) is 4.25. The van der Waals surface area contributed by atoms with Crippen LogP contribution in [-0.4, -0.2) is 31.6 Å². The maximum Gasteiger partial charge on any atom is 0.169 e. The zero-order valence-electron chi connectivity index (χ0n) is 15.0. The molecule has 6 heteroatoms. The van der Waals surface area contributed by atoms with Crippen LogP contribution >= 0.6 is 12.2 Å². The number of pyridine rings is 2. The highest BCUT2D eigenvalue weighted by Gasteiger charge is 2.39. The molecule has 1 fully saturated rings. The molecule has 5 nitrogen and oxygen atoms in total. The Morgan fingerprint density at radius 2 is 1.77 bits per heavy atom. The lowest BCUT2D eigenvalue weighted by Gasteiger charge is -2.24. The zero-order chi connectivity index (χ0) is 18.3. The number of aryl methyl sites for hydroxylation is 1. The van der Waals surface area contributed by atoms with E-state index in [1.807, 2.05) is 55.8 Å². The first-order valence-corrected chi connectivity index (χ1v) is 9.03. The SMILES string of the molecule is Cc1cc([C@@H]2[C@@H](c3ccccn3)NC(=S)N2C)c(C)n1-c1ccccn1. The van der Waals surface area contributed by atoms with E-state index in [0.29, 0.717) is 0 Å². The van der Waals surface area contributed by atoms with Crippen molar-refractivity contribution in [2.45, 2.75) is 25.9 Å². The predicted octanol–water partition coefficient (Wildman–Crippen LogP) is 3.49. The van der Waals surface area contributed by atoms with Crippen LogP contribution in [0.4, 0.5) is 0 Å². The predicted molar refractivity (Wildman–Crippen MR) is 106 cm³/mol. The van der Waals surface area contributed by atoms with Gasteiger partial charge in [0.2, 0.25) is 0 Å². The number of hydrogen-bond acceptors (Lipinski definition) is 3. The maximum atomic E-state index is 5.54. The number of likely N-dealkylation sites (N-methyl/N-ethyl adjacent to an activating group) is 1. The van der Waals surface area contributed by atoms with E-state index < -0.39 is 0 Å². The van der Waals surface area contributed by atoms with Crippen LogP contribution in [0.5, 0.6) is 0 Å². The van der Waals surface area contributed by atoms with Gasteiger partial charge in [-0.05, 0) is 62.0 Å². The molecule has 26 heavy (non-hydrogen) atoms. The van der Waals surface area contributed by atoms with Crippen LogP contribution in [0.25, 0.3) is 5.82 Å². The summed E-state index contributed by atoms with van der Waals surface area (Å²) >= 11 is 5.54. The van der Waals surface area contributed by atoms with Crippen LogP contribution in [-0.2, 0) is 0 Å². The topological polar surface area (TPSA) is 46.0 Å². The van der Waals surface area contributed by atoms with Gasteiger partial charge in [0.15, 0.2) is 5.11 Å². The molecule has 1 saturated heterocycles. The fourth-order valence-corrected chi connectivity index (χ4v) is 4.01. The van der Waals surface area contributed by atoms with Gasteiger partial charge in [0.25, 0.3) is 0 Å². The van der Waals surface area contributed by atoms with Crippen LogP contribution in [0.15, 0.2) is 54.9 Å². The van der Waals surface area contributed by atoms with Crippen LogP contribution < -0.4 is 5.32 Å². The molecule has 2 atom stereocenters. The third-order valence-electron chi connectivity index (χ3n) is 5.01. The van der Waals surface area contributed by atoms with E-state index in [1.165, 1.54) is 11.3 Å². The van der Waals surface area contributed by atoms with E-state index in [-0.39, 0.29) is 12.1 Å². The third-order valence-corrected chi connectivity index (χ3v) is 5.41. The molecule has 0 radical (unpaired) electrons. The lowest BCUT2D eigenvalue weighted by Crippen LogP contribution is -2.25. The van der Waals surface area contributed by atoms with E-state index in [9.17, 15) is 0 Å². The first kappa shape index (κ1) is 16.7. The Morgan fingerprint density at radius 1 is 1.04 bits per heavy atom. The Kier molecular flexibility index (Phi) is 4.20. The largest absolute Gasteiger partial charge is 0.352 e. The second-order valence-corrected chi connectivity index (χ2v) is 6.97. The Morgan fingerprint density at radius 3 is 2.42 bits per heavy atom. The summed E-state index contributed by atoms with van der Waals surface area (Å²) in [5.74, 6) is 0.930. The van der Waals surface area contributed by atoms with E-state index in [2.05, 4.69) is 44.7 Å². The van der Waals surface area contributed by atoms with Gasteiger partial charge in [-0.25, -0.2) is 4.98 Å². The molecular weight excluding hydrogens is 342 g/mol. The molecule has 0 bridgehead atoms. The zero-order valence-corrected chi connectivity index (χ0v) is 15.9. The average molecular weight is 363 g/mol. The molecule has 0 aliphatic carbocycles. The Hall–Kier alpha value is -2.73. The molecule has 0 unspecified atom stereocenters. The highest BCUT2D eigenvalue weighted by atomic mass is 32.1. The fourth-order valence-electron chi connectivity index (χ4n) is 3.77. The first-order valence-electron chi connectivity index (χ1n) is 8.62. The van der Waals surface area contributed by atoms with Gasteiger partial charge < -0.3 is 14.8 Å². The van der Waals surface area contributed by atoms with Crippen LogP contribution in [0.1, 0.15) is 34.7 Å². The van der Waals surface area contributed by atoms with E-state index >= 15 is 0 Å². The molecule has 0 spiro atoms. The van der Waals surface area contributed by atoms with Gasteiger partial charge in [0, 0.05) is 30.8 Å². The average Bonchev–Trinajstić information content (AvgIpc) is 3.12. The number of nitrogens with one attached hydrogen (secondary N) is 1. The van der Waals surface area contributed by atoms with E-state index in [1.54, 1.807) is 0 Å². The maximum absolute atomic E-state index is 5.54. The van der Waals surface area contributed by atoms with Crippen molar-refractivity contribution in [1.29, 1.82) is 0 Å². The lowest BCUT2D eigenvalue weighted by atomic mass is 9.97. The quantitative estimate of drug-likeness (QED) is 0.722. The van der Waals surface area contributed by atoms with Crippen molar-refractivity contribution in [2.75, 3.05) is 7.05 Å². The minimum atomic E-state index is 0.0198. The molecule has 0 aromatic carbocycles. The van der Waals surface area contributed by atoms with Gasteiger partial charge >= 0.3 is 0 Å². The van der Waals surface area contributed by atoms with Crippen molar-refractivity contribution in [1.82, 2.24) is 24.8 Å². The Bertz CT molecular complexity index is 936. The van der Waals surface area contributed by atoms with Crippen LogP contribution in [0.2, 0.25) is 0 Å². The van der Waals surface area contributed by atoms with Crippen molar-refractivity contribution in [3.05, 3.63) is 77.5 Å². The molecule has 4 heterocycles. The molecular formula is C20H21N5S. The van der Waals surface area contributed by atoms with Crippen molar-refractivity contribution in [3.63, 3.8) is 0 Å². The summed E-state index contributed by atoms with van der Waals surface area (Å²) in [6.07, 6.45) is 3.65. The highest BCUT2D eigenvalue weighted by Crippen LogP contribution is 2.40. The van der Waals surface area contributed by atoms with Gasteiger partial charge in [0.1, 0.15) is 5.82 Å². The minimum Gasteiger partial charge on any atom is -0.352 e. The number of rotatable bonds is 3. The summed E-state index contributed by atoms with van der Waals surface area (Å²) in [5, 5.41) is 4.18. The summed E-state index contributed by atoms with van der Waals surface area (Å²) in [4.78, 5) is 11.2. The summed E-state index contributed by atoms with van der Waals surface area (Å²) in [7, 11) is 2.04. The number of thiocarbonyl (C=S) groups is 1. The molecule has 3 aromatic rings. The summed E-state index contributed by atoms with van der Waals surface area (Å²) in [5.41, 5.74) is 4.55.